The number of benzene rings is 1. The molecule has 0 aromatic heterocycles. The number of anilines is 1. The summed E-state index contributed by atoms with van der Waals surface area (Å²) in [5, 5.41) is 2.36. The van der Waals surface area contributed by atoms with Crippen molar-refractivity contribution in [3.63, 3.8) is 0 Å². The summed E-state index contributed by atoms with van der Waals surface area (Å²) in [6, 6.07) is 2.98. The largest absolute Gasteiger partial charge is 0.322 e. The van der Waals surface area contributed by atoms with Gasteiger partial charge in [-0.3, -0.25) is 9.69 Å². The van der Waals surface area contributed by atoms with Crippen LogP contribution in [0.5, 0.6) is 0 Å². The molecule has 0 aliphatic heterocycles. The number of amides is 1. The number of halogens is 2. The molecule has 100 valence electrons. The number of hydrogen-bond acceptors (Lipinski definition) is 2. The third-order valence-electron chi connectivity index (χ3n) is 2.51. The van der Waals surface area contributed by atoms with Crippen molar-refractivity contribution < 1.29 is 13.6 Å². The molecule has 0 aliphatic carbocycles. The molecule has 0 atom stereocenters. The van der Waals surface area contributed by atoms with Crippen molar-refractivity contribution in [1.29, 1.82) is 0 Å². The number of nitrogens with zero attached hydrogens (tertiary/aromatic N) is 1. The highest BCUT2D eigenvalue weighted by molar-refractivity contribution is 5.92. The van der Waals surface area contributed by atoms with Crippen LogP contribution in [0.3, 0.4) is 0 Å². The van der Waals surface area contributed by atoms with Crippen LogP contribution in [0, 0.1) is 11.6 Å². The van der Waals surface area contributed by atoms with Crippen LogP contribution in [0.15, 0.2) is 18.2 Å². The van der Waals surface area contributed by atoms with Crippen LogP contribution in [-0.2, 0) is 4.79 Å². The Morgan fingerprint density at radius 3 is 2.78 bits per heavy atom. The van der Waals surface area contributed by atoms with E-state index in [0.717, 1.165) is 37.6 Å². The van der Waals surface area contributed by atoms with Crippen LogP contribution in [0.2, 0.25) is 0 Å². The van der Waals surface area contributed by atoms with Gasteiger partial charge in [0.2, 0.25) is 5.91 Å². The third kappa shape index (κ3) is 4.79. The lowest BCUT2D eigenvalue weighted by molar-refractivity contribution is -0.117. The Bertz CT molecular complexity index is 410. The zero-order valence-electron chi connectivity index (χ0n) is 10.7. The monoisotopic (exact) mass is 256 g/mol. The molecule has 0 unspecified atom stereocenters. The van der Waals surface area contributed by atoms with E-state index in [-0.39, 0.29) is 18.1 Å². The Labute approximate surface area is 106 Å². The molecule has 1 rings (SSSR count). The number of rotatable bonds is 6. The second kappa shape index (κ2) is 7.06. The van der Waals surface area contributed by atoms with Crippen LogP contribution in [0.1, 0.15) is 19.8 Å². The van der Waals surface area contributed by atoms with E-state index in [1.807, 2.05) is 11.9 Å². The molecule has 1 N–H and O–H groups in total. The molecule has 0 heterocycles. The van der Waals surface area contributed by atoms with Gasteiger partial charge in [0.1, 0.15) is 11.6 Å². The molecule has 0 bridgehead atoms. The minimum absolute atomic E-state index is 0.121. The first kappa shape index (κ1) is 14.6. The summed E-state index contributed by atoms with van der Waals surface area (Å²) in [5.74, 6) is -1.56. The molecular formula is C13H18F2N2O. The van der Waals surface area contributed by atoms with Crippen molar-refractivity contribution >= 4 is 11.6 Å². The Morgan fingerprint density at radius 2 is 2.11 bits per heavy atom. The molecule has 5 heteroatoms. The lowest BCUT2D eigenvalue weighted by atomic mass is 10.3. The normalized spacial score (nSPS) is 10.7. The van der Waals surface area contributed by atoms with E-state index in [0.29, 0.717) is 0 Å². The average Bonchev–Trinajstić information content (AvgIpc) is 2.31. The Balaban J connectivity index is 2.51. The van der Waals surface area contributed by atoms with Crippen LogP contribution in [0.25, 0.3) is 0 Å². The van der Waals surface area contributed by atoms with Crippen LogP contribution < -0.4 is 5.32 Å². The topological polar surface area (TPSA) is 32.3 Å². The third-order valence-corrected chi connectivity index (χ3v) is 2.51. The second-order valence-corrected chi connectivity index (χ2v) is 4.26. The number of unbranched alkanes of at least 4 members (excludes halogenated alkanes) is 1. The van der Waals surface area contributed by atoms with Gasteiger partial charge in [-0.05, 0) is 32.1 Å². The van der Waals surface area contributed by atoms with Crippen molar-refractivity contribution in [2.24, 2.45) is 0 Å². The summed E-state index contributed by atoms with van der Waals surface area (Å²) in [4.78, 5) is 13.5. The maximum Gasteiger partial charge on any atom is 0.238 e. The Morgan fingerprint density at radius 1 is 1.39 bits per heavy atom. The molecular weight excluding hydrogens is 238 g/mol. The van der Waals surface area contributed by atoms with Crippen molar-refractivity contribution in [3.05, 3.63) is 29.8 Å². The SMILES string of the molecule is CCCCN(C)CC(=O)Nc1cc(F)ccc1F. The van der Waals surface area contributed by atoms with Gasteiger partial charge in [-0.2, -0.15) is 0 Å². The zero-order valence-corrected chi connectivity index (χ0v) is 10.7. The summed E-state index contributed by atoms with van der Waals surface area (Å²) in [5.41, 5.74) is -0.121. The number of carbonyl (C=O) groups excluding carboxylic acids is 1. The smallest absolute Gasteiger partial charge is 0.238 e. The summed E-state index contributed by atoms with van der Waals surface area (Å²) >= 11 is 0. The van der Waals surface area contributed by atoms with E-state index in [1.54, 1.807) is 0 Å². The molecule has 1 aromatic rings. The summed E-state index contributed by atoms with van der Waals surface area (Å²) in [6.07, 6.45) is 2.04. The summed E-state index contributed by atoms with van der Waals surface area (Å²) in [6.45, 7) is 3.03. The Kier molecular flexibility index (Phi) is 5.71. The van der Waals surface area contributed by atoms with Crippen molar-refractivity contribution in [1.82, 2.24) is 4.90 Å². The molecule has 3 nitrogen and oxygen atoms in total. The first-order valence-electron chi connectivity index (χ1n) is 5.96. The highest BCUT2D eigenvalue weighted by Gasteiger charge is 2.10. The van der Waals surface area contributed by atoms with Gasteiger partial charge in [-0.15, -0.1) is 0 Å². The number of hydrogen-bond donors (Lipinski definition) is 1. The van der Waals surface area contributed by atoms with Gasteiger partial charge in [0.05, 0.1) is 12.2 Å². The van der Waals surface area contributed by atoms with Gasteiger partial charge in [0.15, 0.2) is 0 Å². The fourth-order valence-corrected chi connectivity index (χ4v) is 1.54. The molecule has 1 aromatic carbocycles. The minimum Gasteiger partial charge on any atom is -0.322 e. The quantitative estimate of drug-likeness (QED) is 0.848. The maximum atomic E-state index is 13.3. The zero-order chi connectivity index (χ0) is 13.5. The highest BCUT2D eigenvalue weighted by atomic mass is 19.1. The molecule has 0 fully saturated rings. The fraction of sp³-hybridized carbons (Fsp3) is 0.462. The lowest BCUT2D eigenvalue weighted by Crippen LogP contribution is -2.31. The predicted molar refractivity (Wildman–Crippen MR) is 67.4 cm³/mol. The summed E-state index contributed by atoms with van der Waals surface area (Å²) in [7, 11) is 1.82. The molecule has 0 radical (unpaired) electrons. The predicted octanol–water partition coefficient (Wildman–Crippen LogP) is 2.64. The molecule has 0 saturated heterocycles. The lowest BCUT2D eigenvalue weighted by Gasteiger charge is -2.15. The molecule has 18 heavy (non-hydrogen) atoms. The Hall–Kier alpha value is -1.49. The molecule has 0 saturated carbocycles. The number of nitrogens with one attached hydrogen (secondary N) is 1. The van der Waals surface area contributed by atoms with E-state index < -0.39 is 11.6 Å². The molecule has 0 spiro atoms. The van der Waals surface area contributed by atoms with Crippen molar-refractivity contribution in [2.75, 3.05) is 25.5 Å². The minimum atomic E-state index is -0.638. The van der Waals surface area contributed by atoms with Gasteiger partial charge in [0, 0.05) is 6.07 Å². The van der Waals surface area contributed by atoms with Gasteiger partial charge in [-0.25, -0.2) is 8.78 Å². The number of carbonyl (C=O) groups is 1. The fourth-order valence-electron chi connectivity index (χ4n) is 1.54. The van der Waals surface area contributed by atoms with E-state index in [9.17, 15) is 13.6 Å². The van der Waals surface area contributed by atoms with E-state index in [2.05, 4.69) is 12.2 Å². The first-order chi connectivity index (χ1) is 8.52. The maximum absolute atomic E-state index is 13.3. The number of likely N-dealkylation sites (N-methyl/N-ethyl adjacent to an activating group) is 1. The van der Waals surface area contributed by atoms with E-state index in [1.165, 1.54) is 0 Å². The van der Waals surface area contributed by atoms with Gasteiger partial charge in [0.25, 0.3) is 0 Å². The van der Waals surface area contributed by atoms with Gasteiger partial charge in [-0.1, -0.05) is 13.3 Å². The summed E-state index contributed by atoms with van der Waals surface area (Å²) < 4.78 is 26.2. The van der Waals surface area contributed by atoms with Crippen LogP contribution >= 0.6 is 0 Å². The van der Waals surface area contributed by atoms with E-state index in [4.69, 9.17) is 0 Å². The van der Waals surface area contributed by atoms with Gasteiger partial charge >= 0.3 is 0 Å². The van der Waals surface area contributed by atoms with E-state index >= 15 is 0 Å². The van der Waals surface area contributed by atoms with Crippen molar-refractivity contribution in [3.8, 4) is 0 Å². The van der Waals surface area contributed by atoms with Crippen LogP contribution in [-0.4, -0.2) is 30.9 Å². The molecule has 0 aliphatic rings. The average molecular weight is 256 g/mol. The van der Waals surface area contributed by atoms with Crippen LogP contribution in [0.4, 0.5) is 14.5 Å². The first-order valence-corrected chi connectivity index (χ1v) is 5.96. The van der Waals surface area contributed by atoms with Crippen molar-refractivity contribution in [2.45, 2.75) is 19.8 Å². The van der Waals surface area contributed by atoms with Gasteiger partial charge < -0.3 is 5.32 Å². The molecule has 1 amide bonds. The standard InChI is InChI=1S/C13H18F2N2O/c1-3-4-7-17(2)9-13(18)16-12-8-10(14)5-6-11(12)15/h5-6,8H,3-4,7,9H2,1-2H3,(H,16,18). The highest BCUT2D eigenvalue weighted by Crippen LogP contribution is 2.15. The second-order valence-electron chi connectivity index (χ2n) is 4.26.